The molecule has 1 aromatic rings. The maximum absolute atomic E-state index is 12.9. The van der Waals surface area contributed by atoms with Crippen LogP contribution in [0.3, 0.4) is 0 Å². The van der Waals surface area contributed by atoms with E-state index < -0.39 is 5.97 Å². The van der Waals surface area contributed by atoms with Crippen molar-refractivity contribution in [3.8, 4) is 0 Å². The lowest BCUT2D eigenvalue weighted by Crippen LogP contribution is -2.32. The average molecular weight is 313 g/mol. The summed E-state index contributed by atoms with van der Waals surface area (Å²) in [7, 11) is 0. The summed E-state index contributed by atoms with van der Waals surface area (Å²) < 4.78 is 0. The number of benzene rings is 1. The second kappa shape index (κ2) is 5.22. The molecule has 4 heteroatoms. The fourth-order valence-corrected chi connectivity index (χ4v) is 4.07. The van der Waals surface area contributed by atoms with Gasteiger partial charge in [-0.2, -0.15) is 5.06 Å². The number of hydrogen-bond donors (Lipinski definition) is 0. The second-order valence-electron chi connectivity index (χ2n) is 7.30. The Bertz CT molecular complexity index is 677. The number of hydroxylamine groups is 1. The van der Waals surface area contributed by atoms with E-state index in [1.807, 2.05) is 30.3 Å². The molecule has 0 aliphatic heterocycles. The predicted octanol–water partition coefficient (Wildman–Crippen LogP) is 3.88. The molecule has 2 unspecified atom stereocenters. The van der Waals surface area contributed by atoms with Crippen molar-refractivity contribution in [3.63, 3.8) is 0 Å². The zero-order chi connectivity index (χ0) is 16.8. The quantitative estimate of drug-likeness (QED) is 0.627. The standard InChI is InChI=1S/C19H23NO3/c1-13(21)23-20(14-8-6-5-7-9-14)12-15-16-10-11-19(4,17(15)22)18(16,2)3/h5-9,12,16H,10-11H2,1-4H3/b15-12-. The topological polar surface area (TPSA) is 46.6 Å². The number of rotatable bonds is 3. The van der Waals surface area contributed by atoms with E-state index in [0.29, 0.717) is 0 Å². The number of para-hydroxylation sites is 1. The Hall–Kier alpha value is -2.10. The van der Waals surface area contributed by atoms with Crippen LogP contribution >= 0.6 is 0 Å². The van der Waals surface area contributed by atoms with E-state index in [0.717, 1.165) is 24.1 Å². The highest BCUT2D eigenvalue weighted by Crippen LogP contribution is 2.65. The summed E-state index contributed by atoms with van der Waals surface area (Å²) >= 11 is 0. The second-order valence-corrected chi connectivity index (χ2v) is 7.30. The van der Waals surface area contributed by atoms with Crippen molar-refractivity contribution in [2.24, 2.45) is 16.7 Å². The number of carbonyl (C=O) groups excluding carboxylic acids is 2. The number of nitrogens with zero attached hydrogens (tertiary/aromatic N) is 1. The summed E-state index contributed by atoms with van der Waals surface area (Å²) in [6.45, 7) is 7.77. The number of carbonyl (C=O) groups is 2. The van der Waals surface area contributed by atoms with Crippen LogP contribution in [0, 0.1) is 16.7 Å². The highest BCUT2D eigenvalue weighted by molar-refractivity contribution is 6.05. The molecule has 2 aliphatic carbocycles. The number of anilines is 1. The minimum Gasteiger partial charge on any atom is -0.337 e. The molecule has 4 nitrogen and oxygen atoms in total. The molecule has 2 saturated carbocycles. The van der Waals surface area contributed by atoms with Gasteiger partial charge in [0.25, 0.3) is 0 Å². The molecule has 2 bridgehead atoms. The van der Waals surface area contributed by atoms with E-state index in [-0.39, 0.29) is 22.5 Å². The molecule has 0 N–H and O–H groups in total. The summed E-state index contributed by atoms with van der Waals surface area (Å²) in [6.07, 6.45) is 3.65. The van der Waals surface area contributed by atoms with E-state index in [1.165, 1.54) is 12.0 Å². The number of Topliss-reactive ketones (excluding diaryl/α,β-unsaturated/α-hetero) is 1. The SMILES string of the molecule is CC(=O)ON(/C=C1\C(=O)C2(C)CCC1C2(C)C)c1ccccc1. The smallest absolute Gasteiger partial charge is 0.329 e. The van der Waals surface area contributed by atoms with Gasteiger partial charge in [0, 0.05) is 17.9 Å². The van der Waals surface area contributed by atoms with Crippen LogP contribution in [0.5, 0.6) is 0 Å². The third-order valence-electron chi connectivity index (χ3n) is 5.86. The lowest BCUT2D eigenvalue weighted by Gasteiger charge is -2.31. The van der Waals surface area contributed by atoms with Crippen LogP contribution in [0.25, 0.3) is 0 Å². The molecule has 0 aromatic heterocycles. The monoisotopic (exact) mass is 313 g/mol. The molecule has 0 spiro atoms. The molecular formula is C19H23NO3. The first-order valence-electron chi connectivity index (χ1n) is 8.07. The summed E-state index contributed by atoms with van der Waals surface area (Å²) in [6, 6.07) is 9.35. The molecule has 122 valence electrons. The van der Waals surface area contributed by atoms with Crippen LogP contribution < -0.4 is 5.06 Å². The van der Waals surface area contributed by atoms with Crippen molar-refractivity contribution >= 4 is 17.4 Å². The number of fused-ring (bicyclic) bond motifs is 2. The van der Waals surface area contributed by atoms with Crippen molar-refractivity contribution in [2.45, 2.75) is 40.5 Å². The van der Waals surface area contributed by atoms with Gasteiger partial charge in [-0.05, 0) is 36.3 Å². The fourth-order valence-electron chi connectivity index (χ4n) is 4.07. The first kappa shape index (κ1) is 15.8. The fraction of sp³-hybridized carbons (Fsp3) is 0.474. The maximum Gasteiger partial charge on any atom is 0.329 e. The van der Waals surface area contributed by atoms with E-state index in [9.17, 15) is 9.59 Å². The largest absolute Gasteiger partial charge is 0.337 e. The number of hydrogen-bond acceptors (Lipinski definition) is 4. The van der Waals surface area contributed by atoms with Gasteiger partial charge >= 0.3 is 5.97 Å². The Labute approximate surface area is 137 Å². The van der Waals surface area contributed by atoms with Crippen LogP contribution in [0.15, 0.2) is 42.1 Å². The third-order valence-corrected chi connectivity index (χ3v) is 5.86. The van der Waals surface area contributed by atoms with Crippen LogP contribution in [0.1, 0.15) is 40.5 Å². The zero-order valence-electron chi connectivity index (χ0n) is 14.1. The lowest BCUT2D eigenvalue weighted by molar-refractivity contribution is -0.141. The van der Waals surface area contributed by atoms with Gasteiger partial charge in [0.1, 0.15) is 0 Å². The minimum absolute atomic E-state index is 0.0610. The number of ketones is 1. The van der Waals surface area contributed by atoms with E-state index in [4.69, 9.17) is 4.84 Å². The molecule has 0 radical (unpaired) electrons. The molecule has 0 amide bonds. The maximum atomic E-state index is 12.9. The highest BCUT2D eigenvalue weighted by atomic mass is 16.7. The van der Waals surface area contributed by atoms with Crippen LogP contribution in [-0.4, -0.2) is 11.8 Å². The van der Waals surface area contributed by atoms with Crippen molar-refractivity contribution in [1.82, 2.24) is 0 Å². The summed E-state index contributed by atoms with van der Waals surface area (Å²) in [5, 5.41) is 1.43. The van der Waals surface area contributed by atoms with Gasteiger partial charge in [-0.15, -0.1) is 0 Å². The molecule has 2 aliphatic rings. The predicted molar refractivity (Wildman–Crippen MR) is 88.4 cm³/mol. The van der Waals surface area contributed by atoms with Crippen LogP contribution in [0.4, 0.5) is 5.69 Å². The molecule has 23 heavy (non-hydrogen) atoms. The summed E-state index contributed by atoms with van der Waals surface area (Å²) in [4.78, 5) is 29.7. The van der Waals surface area contributed by atoms with Gasteiger partial charge < -0.3 is 4.84 Å². The van der Waals surface area contributed by atoms with Gasteiger partial charge in [0.2, 0.25) is 0 Å². The Morgan fingerprint density at radius 3 is 2.43 bits per heavy atom. The Kier molecular flexibility index (Phi) is 3.58. The highest BCUT2D eigenvalue weighted by Gasteiger charge is 2.64. The molecule has 3 rings (SSSR count). The normalized spacial score (nSPS) is 29.8. The molecular weight excluding hydrogens is 290 g/mol. The van der Waals surface area contributed by atoms with Gasteiger partial charge in [0.05, 0.1) is 11.9 Å². The van der Waals surface area contributed by atoms with E-state index >= 15 is 0 Å². The summed E-state index contributed by atoms with van der Waals surface area (Å²) in [5.41, 5.74) is 1.12. The van der Waals surface area contributed by atoms with E-state index in [1.54, 1.807) is 6.20 Å². The van der Waals surface area contributed by atoms with Crippen molar-refractivity contribution in [1.29, 1.82) is 0 Å². The first-order valence-corrected chi connectivity index (χ1v) is 8.07. The summed E-state index contributed by atoms with van der Waals surface area (Å²) in [5.74, 6) is -0.0135. The first-order chi connectivity index (χ1) is 10.8. The van der Waals surface area contributed by atoms with Crippen molar-refractivity contribution in [3.05, 3.63) is 42.1 Å². The Morgan fingerprint density at radius 2 is 1.91 bits per heavy atom. The molecule has 0 heterocycles. The third kappa shape index (κ3) is 2.28. The van der Waals surface area contributed by atoms with Crippen molar-refractivity contribution < 1.29 is 14.4 Å². The number of allylic oxidation sites excluding steroid dienone is 1. The van der Waals surface area contributed by atoms with Crippen LogP contribution in [-0.2, 0) is 14.4 Å². The Morgan fingerprint density at radius 1 is 1.26 bits per heavy atom. The van der Waals surface area contributed by atoms with Crippen molar-refractivity contribution in [2.75, 3.05) is 5.06 Å². The molecule has 0 saturated heterocycles. The average Bonchev–Trinajstić information content (AvgIpc) is 2.81. The van der Waals surface area contributed by atoms with Gasteiger partial charge in [-0.3, -0.25) is 4.79 Å². The van der Waals surface area contributed by atoms with Crippen LogP contribution in [0.2, 0.25) is 0 Å². The molecule has 2 atom stereocenters. The van der Waals surface area contributed by atoms with Gasteiger partial charge in [-0.25, -0.2) is 4.79 Å². The van der Waals surface area contributed by atoms with Gasteiger partial charge in [0.15, 0.2) is 5.78 Å². The van der Waals surface area contributed by atoms with E-state index in [2.05, 4.69) is 20.8 Å². The minimum atomic E-state index is -0.410. The van der Waals surface area contributed by atoms with Gasteiger partial charge in [-0.1, -0.05) is 39.0 Å². The molecule has 1 aromatic carbocycles. The molecule has 2 fully saturated rings. The Balaban J connectivity index is 2.01. The lowest BCUT2D eigenvalue weighted by atomic mass is 9.70. The zero-order valence-corrected chi connectivity index (χ0v) is 14.1.